The molecule has 1 aromatic carbocycles. The fourth-order valence-electron chi connectivity index (χ4n) is 2.93. The van der Waals surface area contributed by atoms with E-state index in [1.807, 2.05) is 13.0 Å². The Bertz CT molecular complexity index is 701. The number of hydrogen-bond acceptors (Lipinski definition) is 3. The summed E-state index contributed by atoms with van der Waals surface area (Å²) in [7, 11) is -1.26. The van der Waals surface area contributed by atoms with Crippen LogP contribution in [0, 0.1) is 6.92 Å². The molecule has 5 heteroatoms. The van der Waals surface area contributed by atoms with Gasteiger partial charge in [-0.3, -0.25) is 4.79 Å². The van der Waals surface area contributed by atoms with E-state index in [1.165, 1.54) is 5.56 Å². The maximum Gasteiger partial charge on any atom is 0.227 e. The Morgan fingerprint density at radius 2 is 1.96 bits per heavy atom. The SMILES string of the molecule is Cc1cc(C(C)(C)C)ccc1CC(=O)N(C)C1CCS(=O)(=O)C1. The number of sulfone groups is 1. The molecule has 1 aliphatic rings. The molecule has 0 saturated carbocycles. The van der Waals surface area contributed by atoms with Crippen molar-refractivity contribution >= 4 is 15.7 Å². The smallest absolute Gasteiger partial charge is 0.227 e. The van der Waals surface area contributed by atoms with Gasteiger partial charge in [0, 0.05) is 13.1 Å². The largest absolute Gasteiger partial charge is 0.341 e. The summed E-state index contributed by atoms with van der Waals surface area (Å²) in [5.41, 5.74) is 3.46. The Hall–Kier alpha value is -1.36. The molecule has 2 rings (SSSR count). The highest BCUT2D eigenvalue weighted by atomic mass is 32.2. The maximum absolute atomic E-state index is 12.5. The molecule has 1 fully saturated rings. The highest BCUT2D eigenvalue weighted by molar-refractivity contribution is 7.91. The number of hydrogen-bond donors (Lipinski definition) is 0. The third kappa shape index (κ3) is 4.34. The molecule has 0 bridgehead atoms. The fourth-order valence-corrected chi connectivity index (χ4v) is 4.71. The molecule has 1 atom stereocenters. The van der Waals surface area contributed by atoms with Crippen molar-refractivity contribution in [2.45, 2.75) is 52.0 Å². The lowest BCUT2D eigenvalue weighted by molar-refractivity contribution is -0.130. The van der Waals surface area contributed by atoms with Gasteiger partial charge in [0.1, 0.15) is 0 Å². The second-order valence-electron chi connectivity index (χ2n) is 7.63. The van der Waals surface area contributed by atoms with Gasteiger partial charge in [0.15, 0.2) is 9.84 Å². The van der Waals surface area contributed by atoms with Crippen molar-refractivity contribution in [3.05, 3.63) is 34.9 Å². The van der Waals surface area contributed by atoms with Crippen LogP contribution < -0.4 is 0 Å². The number of benzene rings is 1. The molecule has 0 N–H and O–H groups in total. The van der Waals surface area contributed by atoms with Gasteiger partial charge in [-0.05, 0) is 35.4 Å². The van der Waals surface area contributed by atoms with Crippen LogP contribution in [0.1, 0.15) is 43.9 Å². The first-order valence-electron chi connectivity index (χ1n) is 8.06. The number of rotatable bonds is 3. The van der Waals surface area contributed by atoms with Crippen LogP contribution in [-0.4, -0.2) is 43.8 Å². The number of amides is 1. The van der Waals surface area contributed by atoms with E-state index in [2.05, 4.69) is 32.9 Å². The van der Waals surface area contributed by atoms with Crippen LogP contribution in [0.3, 0.4) is 0 Å². The normalized spacial score (nSPS) is 20.5. The molecule has 0 aromatic heterocycles. The van der Waals surface area contributed by atoms with E-state index >= 15 is 0 Å². The fraction of sp³-hybridized carbons (Fsp3) is 0.611. The van der Waals surface area contributed by atoms with Gasteiger partial charge in [0.25, 0.3) is 0 Å². The molecule has 0 radical (unpaired) electrons. The van der Waals surface area contributed by atoms with Crippen LogP contribution in [0.4, 0.5) is 0 Å². The molecule has 128 valence electrons. The molecular weight excluding hydrogens is 310 g/mol. The number of likely N-dealkylation sites (N-methyl/N-ethyl adjacent to an activating group) is 1. The van der Waals surface area contributed by atoms with Crippen LogP contribution in [0.15, 0.2) is 18.2 Å². The summed E-state index contributed by atoms with van der Waals surface area (Å²) in [6.45, 7) is 8.53. The predicted octanol–water partition coefficient (Wildman–Crippen LogP) is 2.48. The molecule has 1 amide bonds. The molecule has 4 nitrogen and oxygen atoms in total. The topological polar surface area (TPSA) is 54.5 Å². The van der Waals surface area contributed by atoms with Crippen molar-refractivity contribution in [2.24, 2.45) is 0 Å². The number of aryl methyl sites for hydroxylation is 1. The Morgan fingerprint density at radius 1 is 1.30 bits per heavy atom. The molecule has 0 aliphatic carbocycles. The van der Waals surface area contributed by atoms with Gasteiger partial charge in [-0.2, -0.15) is 0 Å². The molecule has 23 heavy (non-hydrogen) atoms. The van der Waals surface area contributed by atoms with Crippen molar-refractivity contribution in [3.8, 4) is 0 Å². The molecule has 0 spiro atoms. The van der Waals surface area contributed by atoms with E-state index in [9.17, 15) is 13.2 Å². The molecule has 1 aliphatic heterocycles. The summed E-state index contributed by atoms with van der Waals surface area (Å²) in [6, 6.07) is 6.06. The molecular formula is C18H27NO3S. The first-order valence-corrected chi connectivity index (χ1v) is 9.88. The minimum absolute atomic E-state index is 0.0151. The summed E-state index contributed by atoms with van der Waals surface area (Å²) >= 11 is 0. The van der Waals surface area contributed by atoms with E-state index in [0.717, 1.165) is 11.1 Å². The second-order valence-corrected chi connectivity index (χ2v) is 9.86. The zero-order valence-electron chi connectivity index (χ0n) is 14.7. The highest BCUT2D eigenvalue weighted by Gasteiger charge is 2.32. The Labute approximate surface area is 139 Å². The minimum Gasteiger partial charge on any atom is -0.341 e. The lowest BCUT2D eigenvalue weighted by atomic mass is 9.85. The maximum atomic E-state index is 12.5. The van der Waals surface area contributed by atoms with Crippen LogP contribution in [0.25, 0.3) is 0 Å². The molecule has 1 saturated heterocycles. The van der Waals surface area contributed by atoms with Gasteiger partial charge in [-0.1, -0.05) is 39.0 Å². The van der Waals surface area contributed by atoms with Gasteiger partial charge < -0.3 is 4.90 Å². The Balaban J connectivity index is 2.08. The van der Waals surface area contributed by atoms with Crippen LogP contribution in [0.5, 0.6) is 0 Å². The third-order valence-corrected chi connectivity index (χ3v) is 6.45. The first-order chi connectivity index (χ1) is 10.5. The van der Waals surface area contributed by atoms with Crippen molar-refractivity contribution in [2.75, 3.05) is 18.6 Å². The lowest BCUT2D eigenvalue weighted by Gasteiger charge is -2.24. The summed E-state index contributed by atoms with van der Waals surface area (Å²) in [4.78, 5) is 14.1. The average Bonchev–Trinajstić information content (AvgIpc) is 2.79. The van der Waals surface area contributed by atoms with E-state index < -0.39 is 9.84 Å². The average molecular weight is 337 g/mol. The van der Waals surface area contributed by atoms with E-state index in [4.69, 9.17) is 0 Å². The summed E-state index contributed by atoms with van der Waals surface area (Å²) in [6.07, 6.45) is 0.871. The predicted molar refractivity (Wildman–Crippen MR) is 93.4 cm³/mol. The van der Waals surface area contributed by atoms with Crippen molar-refractivity contribution in [1.82, 2.24) is 4.90 Å². The Morgan fingerprint density at radius 3 is 2.43 bits per heavy atom. The number of nitrogens with zero attached hydrogens (tertiary/aromatic N) is 1. The standard InChI is InChI=1S/C18H27NO3S/c1-13-10-15(18(2,3)4)7-6-14(13)11-17(20)19(5)16-8-9-23(21,22)12-16/h6-7,10,16H,8-9,11-12H2,1-5H3. The second kappa shape index (κ2) is 6.27. The van der Waals surface area contributed by atoms with Crippen LogP contribution >= 0.6 is 0 Å². The first kappa shape index (κ1) is 18.0. The van der Waals surface area contributed by atoms with Gasteiger partial charge in [-0.25, -0.2) is 8.42 Å². The van der Waals surface area contributed by atoms with Gasteiger partial charge in [-0.15, -0.1) is 0 Å². The van der Waals surface area contributed by atoms with Gasteiger partial charge in [0.2, 0.25) is 5.91 Å². The van der Waals surface area contributed by atoms with Crippen molar-refractivity contribution < 1.29 is 13.2 Å². The van der Waals surface area contributed by atoms with Crippen LogP contribution in [0.2, 0.25) is 0 Å². The van der Waals surface area contributed by atoms with Crippen molar-refractivity contribution in [3.63, 3.8) is 0 Å². The van der Waals surface area contributed by atoms with Gasteiger partial charge >= 0.3 is 0 Å². The highest BCUT2D eigenvalue weighted by Crippen LogP contribution is 2.25. The van der Waals surface area contributed by atoms with Gasteiger partial charge in [0.05, 0.1) is 17.9 Å². The molecule has 1 heterocycles. The quantitative estimate of drug-likeness (QED) is 0.851. The van der Waals surface area contributed by atoms with Crippen molar-refractivity contribution in [1.29, 1.82) is 0 Å². The number of carbonyl (C=O) groups is 1. The molecule has 1 aromatic rings. The summed E-state index contributed by atoms with van der Waals surface area (Å²) in [5, 5.41) is 0. The van der Waals surface area contributed by atoms with E-state index in [-0.39, 0.29) is 28.9 Å². The zero-order chi connectivity index (χ0) is 17.4. The number of carbonyl (C=O) groups excluding carboxylic acids is 1. The summed E-state index contributed by atoms with van der Waals surface area (Å²) < 4.78 is 23.1. The van der Waals surface area contributed by atoms with E-state index in [0.29, 0.717) is 12.8 Å². The Kier molecular flexibility index (Phi) is 4.90. The third-order valence-electron chi connectivity index (χ3n) is 4.70. The molecule has 1 unspecified atom stereocenters. The minimum atomic E-state index is -2.97. The van der Waals surface area contributed by atoms with Crippen LogP contribution in [-0.2, 0) is 26.5 Å². The monoisotopic (exact) mass is 337 g/mol. The van der Waals surface area contributed by atoms with E-state index in [1.54, 1.807) is 11.9 Å². The summed E-state index contributed by atoms with van der Waals surface area (Å²) in [5.74, 6) is 0.268. The lowest BCUT2D eigenvalue weighted by Crippen LogP contribution is -2.38. The zero-order valence-corrected chi connectivity index (χ0v) is 15.5.